The van der Waals surface area contributed by atoms with Gasteiger partial charge in [0.2, 0.25) is 0 Å². The SMILES string of the molecule is CCCCOCCNc1ncccc1C(N)=S. The van der Waals surface area contributed by atoms with E-state index in [1.54, 1.807) is 6.20 Å². The van der Waals surface area contributed by atoms with Crippen LogP contribution in [0.25, 0.3) is 0 Å². The zero-order chi connectivity index (χ0) is 12.5. The fraction of sp³-hybridized carbons (Fsp3) is 0.500. The Balaban J connectivity index is 2.34. The van der Waals surface area contributed by atoms with Gasteiger partial charge in [0.05, 0.1) is 12.2 Å². The first-order valence-corrected chi connectivity index (χ1v) is 6.23. The predicted octanol–water partition coefficient (Wildman–Crippen LogP) is 1.94. The van der Waals surface area contributed by atoms with Crippen molar-refractivity contribution < 1.29 is 4.74 Å². The Morgan fingerprint density at radius 3 is 3.06 bits per heavy atom. The molecule has 0 saturated heterocycles. The fourth-order valence-electron chi connectivity index (χ4n) is 1.34. The average molecular weight is 253 g/mol. The van der Waals surface area contributed by atoms with Crippen LogP contribution in [0.4, 0.5) is 5.82 Å². The van der Waals surface area contributed by atoms with Crippen molar-refractivity contribution in [2.24, 2.45) is 5.73 Å². The van der Waals surface area contributed by atoms with Crippen LogP contribution in [0.15, 0.2) is 18.3 Å². The molecule has 0 unspecified atom stereocenters. The molecule has 94 valence electrons. The highest BCUT2D eigenvalue weighted by Gasteiger charge is 2.04. The lowest BCUT2D eigenvalue weighted by molar-refractivity contribution is 0.141. The third kappa shape index (κ3) is 5.10. The van der Waals surface area contributed by atoms with Crippen molar-refractivity contribution in [1.82, 2.24) is 4.98 Å². The van der Waals surface area contributed by atoms with Crippen molar-refractivity contribution in [3.63, 3.8) is 0 Å². The molecule has 1 aromatic heterocycles. The standard InChI is InChI=1S/C12H19N3OS/c1-2-3-8-16-9-7-15-12-10(11(13)17)5-4-6-14-12/h4-6H,2-3,7-9H2,1H3,(H2,13,17)(H,14,15). The molecule has 0 aliphatic heterocycles. The van der Waals surface area contributed by atoms with E-state index in [1.807, 2.05) is 12.1 Å². The summed E-state index contributed by atoms with van der Waals surface area (Å²) >= 11 is 4.95. The number of anilines is 1. The zero-order valence-electron chi connectivity index (χ0n) is 10.1. The summed E-state index contributed by atoms with van der Waals surface area (Å²) in [6.07, 6.45) is 3.96. The first-order valence-electron chi connectivity index (χ1n) is 5.82. The van der Waals surface area contributed by atoms with E-state index in [2.05, 4.69) is 17.2 Å². The topological polar surface area (TPSA) is 60.2 Å². The normalized spacial score (nSPS) is 10.2. The van der Waals surface area contributed by atoms with Gasteiger partial charge in [0, 0.05) is 19.3 Å². The zero-order valence-corrected chi connectivity index (χ0v) is 10.9. The van der Waals surface area contributed by atoms with Gasteiger partial charge in [0.1, 0.15) is 10.8 Å². The van der Waals surface area contributed by atoms with E-state index in [0.29, 0.717) is 18.1 Å². The van der Waals surface area contributed by atoms with Gasteiger partial charge in [-0.3, -0.25) is 0 Å². The van der Waals surface area contributed by atoms with Gasteiger partial charge in [-0.15, -0.1) is 0 Å². The summed E-state index contributed by atoms with van der Waals surface area (Å²) in [4.78, 5) is 4.55. The van der Waals surface area contributed by atoms with Gasteiger partial charge in [-0.1, -0.05) is 25.6 Å². The number of nitrogens with one attached hydrogen (secondary N) is 1. The molecule has 1 aromatic rings. The fourth-order valence-corrected chi connectivity index (χ4v) is 1.50. The third-order valence-corrected chi connectivity index (χ3v) is 2.47. The molecule has 0 aliphatic rings. The summed E-state index contributed by atoms with van der Waals surface area (Å²) < 4.78 is 5.44. The van der Waals surface area contributed by atoms with E-state index in [4.69, 9.17) is 22.7 Å². The predicted molar refractivity (Wildman–Crippen MR) is 74.3 cm³/mol. The highest BCUT2D eigenvalue weighted by Crippen LogP contribution is 2.10. The molecule has 1 heterocycles. The molecule has 0 radical (unpaired) electrons. The van der Waals surface area contributed by atoms with E-state index in [0.717, 1.165) is 30.8 Å². The van der Waals surface area contributed by atoms with E-state index in [9.17, 15) is 0 Å². The maximum absolute atomic E-state index is 5.60. The minimum atomic E-state index is 0.354. The summed E-state index contributed by atoms with van der Waals surface area (Å²) in [6, 6.07) is 3.67. The number of thiocarbonyl (C=S) groups is 1. The number of aromatic nitrogens is 1. The lowest BCUT2D eigenvalue weighted by Crippen LogP contribution is -2.17. The number of unbranched alkanes of at least 4 members (excludes halogenated alkanes) is 1. The summed E-state index contributed by atoms with van der Waals surface area (Å²) in [7, 11) is 0. The largest absolute Gasteiger partial charge is 0.389 e. The molecule has 0 bridgehead atoms. The number of ether oxygens (including phenoxy) is 1. The van der Waals surface area contributed by atoms with Crippen molar-refractivity contribution in [3.8, 4) is 0 Å². The van der Waals surface area contributed by atoms with Crippen molar-refractivity contribution in [2.45, 2.75) is 19.8 Å². The summed E-state index contributed by atoms with van der Waals surface area (Å²) in [5.74, 6) is 0.721. The second-order valence-electron chi connectivity index (χ2n) is 3.66. The van der Waals surface area contributed by atoms with Crippen molar-refractivity contribution in [2.75, 3.05) is 25.1 Å². The number of nitrogens with two attached hydrogens (primary N) is 1. The van der Waals surface area contributed by atoms with Crippen LogP contribution in [0.3, 0.4) is 0 Å². The number of nitrogens with zero attached hydrogens (tertiary/aromatic N) is 1. The summed E-state index contributed by atoms with van der Waals surface area (Å²) in [5.41, 5.74) is 6.38. The van der Waals surface area contributed by atoms with E-state index >= 15 is 0 Å². The van der Waals surface area contributed by atoms with Gasteiger partial charge in [0.15, 0.2) is 0 Å². The summed E-state index contributed by atoms with van der Waals surface area (Å²) in [6.45, 7) is 4.32. The number of pyridine rings is 1. The summed E-state index contributed by atoms with van der Waals surface area (Å²) in [5, 5.41) is 3.17. The Kier molecular flexibility index (Phi) is 6.50. The average Bonchev–Trinajstić information content (AvgIpc) is 2.34. The molecule has 5 heteroatoms. The van der Waals surface area contributed by atoms with Gasteiger partial charge in [0.25, 0.3) is 0 Å². The van der Waals surface area contributed by atoms with Gasteiger partial charge >= 0.3 is 0 Å². The molecule has 0 fully saturated rings. The van der Waals surface area contributed by atoms with Gasteiger partial charge in [-0.25, -0.2) is 4.98 Å². The Bertz CT molecular complexity index is 357. The monoisotopic (exact) mass is 253 g/mol. The lowest BCUT2D eigenvalue weighted by atomic mass is 10.2. The minimum Gasteiger partial charge on any atom is -0.389 e. The molecule has 0 aliphatic carbocycles. The Labute approximate surface area is 108 Å². The van der Waals surface area contributed by atoms with Crippen LogP contribution >= 0.6 is 12.2 Å². The van der Waals surface area contributed by atoms with Crippen LogP contribution in [-0.2, 0) is 4.74 Å². The smallest absolute Gasteiger partial charge is 0.136 e. The van der Waals surface area contributed by atoms with Gasteiger partial charge in [-0.05, 0) is 18.6 Å². The van der Waals surface area contributed by atoms with Crippen LogP contribution in [-0.4, -0.2) is 29.7 Å². The van der Waals surface area contributed by atoms with E-state index in [-0.39, 0.29) is 0 Å². The molecule has 1 rings (SSSR count). The molecule has 17 heavy (non-hydrogen) atoms. The minimum absolute atomic E-state index is 0.354. The number of hydrogen-bond acceptors (Lipinski definition) is 4. The van der Waals surface area contributed by atoms with Crippen LogP contribution in [0, 0.1) is 0 Å². The van der Waals surface area contributed by atoms with Crippen molar-refractivity contribution in [3.05, 3.63) is 23.9 Å². The van der Waals surface area contributed by atoms with E-state index < -0.39 is 0 Å². The van der Waals surface area contributed by atoms with Gasteiger partial charge < -0.3 is 15.8 Å². The Morgan fingerprint density at radius 2 is 2.35 bits per heavy atom. The molecule has 0 amide bonds. The first kappa shape index (κ1) is 13.9. The van der Waals surface area contributed by atoms with Crippen LogP contribution < -0.4 is 11.1 Å². The second kappa shape index (κ2) is 7.97. The number of rotatable bonds is 8. The highest BCUT2D eigenvalue weighted by atomic mass is 32.1. The molecular weight excluding hydrogens is 234 g/mol. The Morgan fingerprint density at radius 1 is 1.53 bits per heavy atom. The third-order valence-electron chi connectivity index (χ3n) is 2.25. The van der Waals surface area contributed by atoms with Crippen molar-refractivity contribution >= 4 is 23.0 Å². The van der Waals surface area contributed by atoms with Crippen molar-refractivity contribution in [1.29, 1.82) is 0 Å². The molecule has 4 nitrogen and oxygen atoms in total. The van der Waals surface area contributed by atoms with Crippen LogP contribution in [0.2, 0.25) is 0 Å². The molecule has 0 aromatic carbocycles. The maximum atomic E-state index is 5.60. The lowest BCUT2D eigenvalue weighted by Gasteiger charge is -2.09. The van der Waals surface area contributed by atoms with Gasteiger partial charge in [-0.2, -0.15) is 0 Å². The quantitative estimate of drug-likeness (QED) is 0.548. The molecular formula is C12H19N3OS. The second-order valence-corrected chi connectivity index (χ2v) is 4.10. The molecule has 0 spiro atoms. The maximum Gasteiger partial charge on any atom is 0.136 e. The molecule has 0 atom stereocenters. The Hall–Kier alpha value is -1.20. The number of hydrogen-bond donors (Lipinski definition) is 2. The molecule has 3 N–H and O–H groups in total. The van der Waals surface area contributed by atoms with Crippen LogP contribution in [0.5, 0.6) is 0 Å². The highest BCUT2D eigenvalue weighted by molar-refractivity contribution is 7.80. The van der Waals surface area contributed by atoms with E-state index in [1.165, 1.54) is 0 Å². The first-order chi connectivity index (χ1) is 8.25. The van der Waals surface area contributed by atoms with Crippen LogP contribution in [0.1, 0.15) is 25.3 Å². The molecule has 0 saturated carbocycles.